The first-order valence-corrected chi connectivity index (χ1v) is 36.2. The summed E-state index contributed by atoms with van der Waals surface area (Å²) in [6.07, 6.45) is 109. The fraction of sp³-hybridized carbons (Fsp3) is 0.560. The molecule has 0 aromatic rings. The molecule has 0 radical (unpaired) electrons. The summed E-state index contributed by atoms with van der Waals surface area (Å²) in [5.74, 6) is -2.06. The summed E-state index contributed by atoms with van der Waals surface area (Å²) in [5, 5.41) is 9.76. The van der Waals surface area contributed by atoms with E-state index in [0.29, 0.717) is 17.4 Å². The lowest BCUT2D eigenvalue weighted by atomic mass is 10.1. The van der Waals surface area contributed by atoms with Crippen LogP contribution in [0.2, 0.25) is 0 Å². The van der Waals surface area contributed by atoms with Gasteiger partial charge in [0.2, 0.25) is 0 Å². The molecule has 0 spiro atoms. The van der Waals surface area contributed by atoms with Crippen LogP contribution in [0.5, 0.6) is 0 Å². The number of esters is 2. The van der Waals surface area contributed by atoms with Crippen LogP contribution in [0.15, 0.2) is 207 Å². The Bertz CT molecular complexity index is 2280. The van der Waals surface area contributed by atoms with Crippen LogP contribution in [0.25, 0.3) is 0 Å². The zero-order valence-electron chi connectivity index (χ0n) is 59.3. The lowest BCUT2D eigenvalue weighted by Gasteiger charge is -2.25. The number of quaternary nitrogens is 1. The van der Waals surface area contributed by atoms with E-state index in [0.717, 1.165) is 180 Å². The van der Waals surface area contributed by atoms with E-state index in [1.807, 2.05) is 21.1 Å². The number of likely N-dealkylation sites (N-methyl/N-ethyl adjacent to an activating group) is 1. The van der Waals surface area contributed by atoms with E-state index >= 15 is 0 Å². The van der Waals surface area contributed by atoms with E-state index in [1.165, 1.54) is 32.1 Å². The lowest BCUT2D eigenvalue weighted by Crippen LogP contribution is -2.40. The highest BCUT2D eigenvalue weighted by atomic mass is 16.7. The highest BCUT2D eigenvalue weighted by Crippen LogP contribution is 2.15. The molecular weight excluding hydrogens is 1150 g/mol. The molecule has 0 fully saturated rings. The molecule has 0 bridgehead atoms. The number of hydrogen-bond donors (Lipinski definition) is 1. The summed E-state index contributed by atoms with van der Waals surface area (Å²) in [5.41, 5.74) is 0. The first-order valence-electron chi connectivity index (χ1n) is 36.2. The van der Waals surface area contributed by atoms with Gasteiger partial charge in [0, 0.05) is 12.8 Å². The van der Waals surface area contributed by atoms with Crippen LogP contribution in [0.4, 0.5) is 0 Å². The molecule has 0 aromatic heterocycles. The van der Waals surface area contributed by atoms with Crippen molar-refractivity contribution in [1.82, 2.24) is 0 Å². The van der Waals surface area contributed by atoms with Crippen LogP contribution in [0.3, 0.4) is 0 Å². The molecule has 0 rings (SSSR count). The molecule has 0 saturated carbocycles. The number of hydrogen-bond acceptors (Lipinski definition) is 7. The normalized spacial score (nSPS) is 13.9. The number of unbranched alkanes of at least 4 members (excludes halogenated alkanes) is 15. The number of carboxylic acid groups (broad SMARTS) is 1. The number of carbonyl (C=O) groups is 3. The number of allylic oxidation sites excluding steroid dienone is 34. The van der Waals surface area contributed by atoms with Crippen LogP contribution >= 0.6 is 0 Å². The van der Waals surface area contributed by atoms with Gasteiger partial charge in [-0.15, -0.1) is 0 Å². The third-order valence-corrected chi connectivity index (χ3v) is 14.5. The maximum absolute atomic E-state index is 13.0. The van der Waals surface area contributed by atoms with E-state index in [9.17, 15) is 19.5 Å². The SMILES string of the molecule is CC/C=C\C/C=C\C/C=C\C/C=C\C/C=C\C/C=C\C/C=C\C/C=C\C/C=C\CCCCCCCCCCCC(=O)OC(COC(=O)CCCCCCCC/C=C\C/C=C\C/C=C\C/C=C\C/C=C\C/C=C\C/C=C\C/C=C\CC)COC(OCC[N+](C)(C)C)C(=O)O. The lowest BCUT2D eigenvalue weighted by molar-refractivity contribution is -0.870. The Morgan fingerprint density at radius 3 is 0.860 bits per heavy atom. The molecule has 9 heteroatoms. The largest absolute Gasteiger partial charge is 0.477 e. The number of aliphatic carboxylic acids is 1. The molecule has 2 unspecified atom stereocenters. The maximum Gasteiger partial charge on any atom is 0.361 e. The van der Waals surface area contributed by atoms with Crippen molar-refractivity contribution in [3.8, 4) is 0 Å². The summed E-state index contributed by atoms with van der Waals surface area (Å²) in [6, 6.07) is 0. The van der Waals surface area contributed by atoms with Gasteiger partial charge in [0.15, 0.2) is 6.10 Å². The number of carbonyl (C=O) groups excluding carboxylic acids is 2. The second-order valence-electron chi connectivity index (χ2n) is 24.4. The zero-order valence-corrected chi connectivity index (χ0v) is 59.3. The molecule has 0 aliphatic heterocycles. The van der Waals surface area contributed by atoms with Crippen molar-refractivity contribution < 1.29 is 42.9 Å². The molecule has 0 saturated heterocycles. The minimum Gasteiger partial charge on any atom is -0.477 e. The quantitative estimate of drug-likeness (QED) is 0.0211. The Morgan fingerprint density at radius 2 is 0.581 bits per heavy atom. The number of rotatable bonds is 64. The van der Waals surface area contributed by atoms with Crippen molar-refractivity contribution in [2.24, 2.45) is 0 Å². The molecule has 0 aliphatic carbocycles. The number of nitrogens with zero attached hydrogens (tertiary/aromatic N) is 1. The van der Waals surface area contributed by atoms with Gasteiger partial charge in [-0.1, -0.05) is 291 Å². The molecule has 9 nitrogen and oxygen atoms in total. The van der Waals surface area contributed by atoms with Gasteiger partial charge < -0.3 is 28.5 Å². The second kappa shape index (κ2) is 71.7. The topological polar surface area (TPSA) is 108 Å². The van der Waals surface area contributed by atoms with Crippen molar-refractivity contribution >= 4 is 17.9 Å². The fourth-order valence-corrected chi connectivity index (χ4v) is 9.08. The first-order chi connectivity index (χ1) is 45.6. The van der Waals surface area contributed by atoms with Gasteiger partial charge in [0.25, 0.3) is 6.29 Å². The average Bonchev–Trinajstić information content (AvgIpc) is 3.73. The van der Waals surface area contributed by atoms with Crippen molar-refractivity contribution in [2.45, 2.75) is 257 Å². The zero-order chi connectivity index (χ0) is 67.5. The minimum absolute atomic E-state index is 0.172. The number of carboxylic acids is 1. The highest BCUT2D eigenvalue weighted by molar-refractivity contribution is 5.71. The van der Waals surface area contributed by atoms with Gasteiger partial charge >= 0.3 is 17.9 Å². The van der Waals surface area contributed by atoms with E-state index in [-0.39, 0.29) is 38.6 Å². The summed E-state index contributed by atoms with van der Waals surface area (Å²) in [6.45, 7) is 4.60. The van der Waals surface area contributed by atoms with Gasteiger partial charge in [-0.3, -0.25) is 9.59 Å². The predicted octanol–water partition coefficient (Wildman–Crippen LogP) is 23.1. The third-order valence-electron chi connectivity index (χ3n) is 14.5. The monoisotopic (exact) mass is 1280 g/mol. The molecule has 0 amide bonds. The average molecular weight is 1280 g/mol. The van der Waals surface area contributed by atoms with Gasteiger partial charge in [-0.2, -0.15) is 0 Å². The Kier molecular flexibility index (Phi) is 67.0. The van der Waals surface area contributed by atoms with Crippen LogP contribution in [0.1, 0.15) is 245 Å². The van der Waals surface area contributed by atoms with Gasteiger partial charge in [-0.25, -0.2) is 4.79 Å². The molecule has 2 atom stereocenters. The van der Waals surface area contributed by atoms with E-state index in [4.69, 9.17) is 18.9 Å². The first kappa shape index (κ1) is 86.9. The Morgan fingerprint density at radius 1 is 0.323 bits per heavy atom. The summed E-state index contributed by atoms with van der Waals surface area (Å²) >= 11 is 0. The summed E-state index contributed by atoms with van der Waals surface area (Å²) in [7, 11) is 5.95. The van der Waals surface area contributed by atoms with E-state index in [1.54, 1.807) is 0 Å². The Hall–Kier alpha value is -6.13. The van der Waals surface area contributed by atoms with Crippen LogP contribution in [-0.4, -0.2) is 87.4 Å². The molecule has 0 aliphatic rings. The fourth-order valence-electron chi connectivity index (χ4n) is 9.08. The second-order valence-corrected chi connectivity index (χ2v) is 24.4. The van der Waals surface area contributed by atoms with Gasteiger partial charge in [-0.05, 0) is 148 Å². The highest BCUT2D eigenvalue weighted by Gasteiger charge is 2.25. The standard InChI is InChI=1S/C84H131NO8/c1-6-8-10-12-14-16-18-20-22-24-26-28-30-32-34-36-38-39-40-41-42-43-45-47-49-51-53-55-57-59-61-63-65-67-69-71-73-75-82(87)93-80(79-92-84(83(88)89)90-77-76-85(3,4)5)78-91-81(86)74-72-70-68-66-64-62-60-58-56-54-52-50-48-46-44-37-35-33-31-29-27-25-23-21-19-17-15-13-11-9-7-2/h8-11,14-17,20-23,26-29,32-35,38-39,41-42,44-47,50-53,56,58,80,84H,6-7,12-13,18-19,24-25,30-31,36-37,40,43,48-49,54-55,57,59-79H2,1-5H3/p+1/b10-8-,11-9-,16-14-,17-15-,22-20-,23-21-,28-26-,29-27-,34-32-,35-33-,39-38-,42-41-,46-44-,47-45-,52-50-,53-51-,58-56-. The van der Waals surface area contributed by atoms with E-state index in [2.05, 4.69) is 220 Å². The Labute approximate surface area is 569 Å². The van der Waals surface area contributed by atoms with Gasteiger partial charge in [0.1, 0.15) is 13.2 Å². The molecule has 1 N–H and O–H groups in total. The van der Waals surface area contributed by atoms with Crippen LogP contribution in [-0.2, 0) is 33.3 Å². The molecule has 0 aromatic carbocycles. The maximum atomic E-state index is 13.0. The van der Waals surface area contributed by atoms with Crippen molar-refractivity contribution in [3.63, 3.8) is 0 Å². The van der Waals surface area contributed by atoms with Crippen molar-refractivity contribution in [3.05, 3.63) is 207 Å². The van der Waals surface area contributed by atoms with Crippen LogP contribution in [0, 0.1) is 0 Å². The molecule has 520 valence electrons. The summed E-state index contributed by atoms with van der Waals surface area (Å²) in [4.78, 5) is 37.7. The van der Waals surface area contributed by atoms with Gasteiger partial charge in [0.05, 0.1) is 34.4 Å². The Balaban J connectivity index is 4.24. The minimum atomic E-state index is -1.53. The smallest absolute Gasteiger partial charge is 0.361 e. The third kappa shape index (κ3) is 73.1. The van der Waals surface area contributed by atoms with Crippen molar-refractivity contribution in [1.29, 1.82) is 0 Å². The molecule has 0 heterocycles. The number of ether oxygens (including phenoxy) is 4. The van der Waals surface area contributed by atoms with Crippen LogP contribution < -0.4 is 0 Å². The summed E-state index contributed by atoms with van der Waals surface area (Å²) < 4.78 is 23.0. The van der Waals surface area contributed by atoms with Crippen molar-refractivity contribution in [2.75, 3.05) is 47.5 Å². The van der Waals surface area contributed by atoms with E-state index < -0.39 is 24.3 Å². The molecular formula is C84H132NO8+. The predicted molar refractivity (Wildman–Crippen MR) is 400 cm³/mol. The molecule has 93 heavy (non-hydrogen) atoms.